The van der Waals surface area contributed by atoms with Gasteiger partial charge in [-0.3, -0.25) is 4.72 Å². The molecular formula is C13H10BrClFNO2S. The molecule has 0 fully saturated rings. The molecule has 106 valence electrons. The number of nitrogens with one attached hydrogen (secondary N) is 1. The molecule has 20 heavy (non-hydrogen) atoms. The minimum absolute atomic E-state index is 0.0319. The molecule has 1 N–H and O–H groups in total. The van der Waals surface area contributed by atoms with Crippen LogP contribution in [0.2, 0.25) is 5.02 Å². The van der Waals surface area contributed by atoms with E-state index in [0.29, 0.717) is 11.0 Å². The Morgan fingerprint density at radius 3 is 2.65 bits per heavy atom. The minimum atomic E-state index is -3.93. The van der Waals surface area contributed by atoms with E-state index in [1.807, 2.05) is 6.07 Å². The van der Waals surface area contributed by atoms with E-state index in [9.17, 15) is 12.8 Å². The zero-order valence-corrected chi connectivity index (χ0v) is 13.3. The second-order valence-electron chi connectivity index (χ2n) is 4.01. The number of hydrogen-bond acceptors (Lipinski definition) is 2. The van der Waals surface area contributed by atoms with Crippen LogP contribution >= 0.6 is 27.5 Å². The summed E-state index contributed by atoms with van der Waals surface area (Å²) in [4.78, 5) is -0.289. The SMILES string of the molecule is O=S(=O)(Nc1cccc(CBr)c1)c1cc(F)ccc1Cl. The summed E-state index contributed by atoms with van der Waals surface area (Å²) < 4.78 is 40.0. The van der Waals surface area contributed by atoms with Gasteiger partial charge < -0.3 is 0 Å². The Kier molecular flexibility index (Phi) is 4.67. The maximum atomic E-state index is 13.2. The molecule has 0 atom stereocenters. The molecule has 0 aliphatic carbocycles. The van der Waals surface area contributed by atoms with Gasteiger partial charge in [0.15, 0.2) is 0 Å². The van der Waals surface area contributed by atoms with Crippen molar-refractivity contribution < 1.29 is 12.8 Å². The van der Waals surface area contributed by atoms with Crippen LogP contribution in [0.5, 0.6) is 0 Å². The maximum absolute atomic E-state index is 13.2. The summed E-state index contributed by atoms with van der Waals surface area (Å²) in [6, 6.07) is 10.1. The Bertz CT molecular complexity index is 737. The number of anilines is 1. The van der Waals surface area contributed by atoms with Crippen LogP contribution in [0.15, 0.2) is 47.4 Å². The van der Waals surface area contributed by atoms with Crippen LogP contribution < -0.4 is 4.72 Å². The normalized spacial score (nSPS) is 11.3. The van der Waals surface area contributed by atoms with Crippen molar-refractivity contribution in [2.75, 3.05) is 4.72 Å². The van der Waals surface area contributed by atoms with Gasteiger partial charge in [0.25, 0.3) is 10.0 Å². The van der Waals surface area contributed by atoms with Crippen LogP contribution in [0.1, 0.15) is 5.56 Å². The van der Waals surface area contributed by atoms with Crippen LogP contribution in [-0.2, 0) is 15.4 Å². The largest absolute Gasteiger partial charge is 0.280 e. The Hall–Kier alpha value is -1.11. The average Bonchev–Trinajstić information content (AvgIpc) is 2.41. The van der Waals surface area contributed by atoms with Crippen molar-refractivity contribution in [1.82, 2.24) is 0 Å². The van der Waals surface area contributed by atoms with E-state index in [2.05, 4.69) is 20.7 Å². The summed E-state index contributed by atoms with van der Waals surface area (Å²) >= 11 is 9.10. The number of hydrogen-bond donors (Lipinski definition) is 1. The molecular weight excluding hydrogens is 369 g/mol. The highest BCUT2D eigenvalue weighted by atomic mass is 79.9. The Labute approximate surface area is 130 Å². The average molecular weight is 379 g/mol. The van der Waals surface area contributed by atoms with Gasteiger partial charge in [-0.2, -0.15) is 0 Å². The second-order valence-corrected chi connectivity index (χ2v) is 6.63. The molecule has 0 spiro atoms. The van der Waals surface area contributed by atoms with E-state index < -0.39 is 15.8 Å². The molecule has 3 nitrogen and oxygen atoms in total. The third kappa shape index (κ3) is 3.50. The van der Waals surface area contributed by atoms with Gasteiger partial charge in [-0.1, -0.05) is 39.7 Å². The zero-order chi connectivity index (χ0) is 14.8. The molecule has 0 aromatic heterocycles. The quantitative estimate of drug-likeness (QED) is 0.812. The van der Waals surface area contributed by atoms with Crippen molar-refractivity contribution in [2.24, 2.45) is 0 Å². The first-order valence-electron chi connectivity index (χ1n) is 5.55. The number of rotatable bonds is 4. The van der Waals surface area contributed by atoms with Gasteiger partial charge in [0.2, 0.25) is 0 Å². The van der Waals surface area contributed by atoms with Crippen molar-refractivity contribution in [3.8, 4) is 0 Å². The lowest BCUT2D eigenvalue weighted by Crippen LogP contribution is -2.13. The molecule has 0 heterocycles. The zero-order valence-electron chi connectivity index (χ0n) is 10.1. The molecule has 2 aromatic rings. The molecule has 0 amide bonds. The van der Waals surface area contributed by atoms with E-state index in [4.69, 9.17) is 11.6 Å². The smallest absolute Gasteiger partial charge is 0.263 e. The van der Waals surface area contributed by atoms with E-state index in [0.717, 1.165) is 17.7 Å². The van der Waals surface area contributed by atoms with E-state index in [1.54, 1.807) is 18.2 Å². The van der Waals surface area contributed by atoms with Gasteiger partial charge >= 0.3 is 0 Å². The van der Waals surface area contributed by atoms with Crippen molar-refractivity contribution in [3.63, 3.8) is 0 Å². The summed E-state index contributed by atoms with van der Waals surface area (Å²) in [6.07, 6.45) is 0. The highest BCUT2D eigenvalue weighted by Crippen LogP contribution is 2.25. The minimum Gasteiger partial charge on any atom is -0.280 e. The fourth-order valence-electron chi connectivity index (χ4n) is 1.61. The molecule has 0 aliphatic heterocycles. The predicted molar refractivity (Wildman–Crippen MR) is 81.3 cm³/mol. The highest BCUT2D eigenvalue weighted by Gasteiger charge is 2.19. The fraction of sp³-hybridized carbons (Fsp3) is 0.0769. The van der Waals surface area contributed by atoms with Crippen LogP contribution in [0.3, 0.4) is 0 Å². The number of benzene rings is 2. The van der Waals surface area contributed by atoms with Crippen LogP contribution in [-0.4, -0.2) is 8.42 Å². The fourth-order valence-corrected chi connectivity index (χ4v) is 3.52. The molecule has 7 heteroatoms. The van der Waals surface area contributed by atoms with Crippen LogP contribution in [0, 0.1) is 5.82 Å². The summed E-state index contributed by atoms with van der Waals surface area (Å²) in [5.74, 6) is -0.663. The van der Waals surface area contributed by atoms with Gasteiger partial charge in [-0.05, 0) is 35.9 Å². The summed E-state index contributed by atoms with van der Waals surface area (Å²) in [5.41, 5.74) is 1.30. The molecule has 0 bridgehead atoms. The van der Waals surface area contributed by atoms with Gasteiger partial charge in [0.05, 0.1) is 5.02 Å². The summed E-state index contributed by atoms with van der Waals surface area (Å²) in [6.45, 7) is 0. The molecule has 2 rings (SSSR count). The second kappa shape index (κ2) is 6.11. The van der Waals surface area contributed by atoms with Crippen molar-refractivity contribution in [1.29, 1.82) is 0 Å². The van der Waals surface area contributed by atoms with E-state index in [-0.39, 0.29) is 9.92 Å². The predicted octanol–water partition coefficient (Wildman–Crippen LogP) is 4.17. The lowest BCUT2D eigenvalue weighted by Gasteiger charge is -2.10. The van der Waals surface area contributed by atoms with Crippen molar-refractivity contribution in [2.45, 2.75) is 10.2 Å². The first kappa shape index (κ1) is 15.3. The number of halogens is 3. The van der Waals surface area contributed by atoms with Crippen LogP contribution in [0.25, 0.3) is 0 Å². The molecule has 0 unspecified atom stereocenters. The Morgan fingerprint density at radius 2 is 1.95 bits per heavy atom. The third-order valence-corrected chi connectivity index (χ3v) is 5.03. The van der Waals surface area contributed by atoms with E-state index in [1.165, 1.54) is 6.07 Å². The monoisotopic (exact) mass is 377 g/mol. The first-order chi connectivity index (χ1) is 9.42. The Balaban J connectivity index is 2.38. The van der Waals surface area contributed by atoms with E-state index >= 15 is 0 Å². The van der Waals surface area contributed by atoms with Gasteiger partial charge in [0.1, 0.15) is 10.7 Å². The molecule has 2 aromatic carbocycles. The lowest BCUT2D eigenvalue weighted by molar-refractivity contribution is 0.595. The van der Waals surface area contributed by atoms with Gasteiger partial charge in [-0.15, -0.1) is 0 Å². The van der Waals surface area contributed by atoms with Gasteiger partial charge in [0, 0.05) is 11.0 Å². The van der Waals surface area contributed by atoms with Crippen molar-refractivity contribution >= 4 is 43.2 Å². The lowest BCUT2D eigenvalue weighted by atomic mass is 10.2. The Morgan fingerprint density at radius 1 is 1.20 bits per heavy atom. The number of alkyl halides is 1. The number of sulfonamides is 1. The molecule has 0 saturated carbocycles. The highest BCUT2D eigenvalue weighted by molar-refractivity contribution is 9.08. The summed E-state index contributed by atoms with van der Waals surface area (Å²) in [7, 11) is -3.93. The molecule has 0 aliphatic rings. The molecule has 0 saturated heterocycles. The van der Waals surface area contributed by atoms with Crippen molar-refractivity contribution in [3.05, 3.63) is 58.9 Å². The maximum Gasteiger partial charge on any atom is 0.263 e. The molecule has 0 radical (unpaired) electrons. The summed E-state index contributed by atoms with van der Waals surface area (Å²) in [5, 5.41) is 0.569. The third-order valence-electron chi connectivity index (χ3n) is 2.52. The van der Waals surface area contributed by atoms with Crippen LogP contribution in [0.4, 0.5) is 10.1 Å². The van der Waals surface area contributed by atoms with Gasteiger partial charge in [-0.25, -0.2) is 12.8 Å². The standard InChI is InChI=1S/C13H10BrClFNO2S/c14-8-9-2-1-3-11(6-9)17-20(18,19)13-7-10(16)4-5-12(13)15/h1-7,17H,8H2. The topological polar surface area (TPSA) is 46.2 Å². The first-order valence-corrected chi connectivity index (χ1v) is 8.53.